The highest BCUT2D eigenvalue weighted by molar-refractivity contribution is 5.98. The Hall–Kier alpha value is -2.04. The molecule has 0 spiro atoms. The predicted molar refractivity (Wildman–Crippen MR) is 113 cm³/mol. The van der Waals surface area contributed by atoms with Crippen LogP contribution in [0.25, 0.3) is 0 Å². The van der Waals surface area contributed by atoms with Crippen molar-refractivity contribution in [2.75, 3.05) is 0 Å². The van der Waals surface area contributed by atoms with Gasteiger partial charge in [-0.15, -0.1) is 0 Å². The Labute approximate surface area is 174 Å². The van der Waals surface area contributed by atoms with Crippen molar-refractivity contribution in [3.63, 3.8) is 0 Å². The zero-order valence-electron chi connectivity index (χ0n) is 18.7. The van der Waals surface area contributed by atoms with Crippen LogP contribution in [0.3, 0.4) is 0 Å². The van der Waals surface area contributed by atoms with Gasteiger partial charge in [-0.3, -0.25) is 4.79 Å². The SMILES string of the molecule is CC(C)(C)OC(=O)N1C2CCCC1CC(C(=O)c1ccc(OC(C)(C)C)cc1)C2. The average Bonchev–Trinajstić information content (AvgIpc) is 2.57. The molecule has 2 atom stereocenters. The second-order valence-electron chi connectivity index (χ2n) is 10.4. The van der Waals surface area contributed by atoms with Crippen molar-refractivity contribution in [1.29, 1.82) is 0 Å². The fourth-order valence-corrected chi connectivity index (χ4v) is 4.48. The van der Waals surface area contributed by atoms with E-state index in [0.29, 0.717) is 0 Å². The molecule has 1 aromatic carbocycles. The smallest absolute Gasteiger partial charge is 0.410 e. The number of Topliss-reactive ketones (excluding diaryl/α,β-unsaturated/α-hetero) is 1. The number of benzene rings is 1. The molecule has 0 radical (unpaired) electrons. The van der Waals surface area contributed by atoms with Crippen LogP contribution in [0.4, 0.5) is 4.79 Å². The zero-order chi connectivity index (χ0) is 21.4. The van der Waals surface area contributed by atoms with Crippen LogP contribution in [-0.2, 0) is 4.74 Å². The summed E-state index contributed by atoms with van der Waals surface area (Å²) in [4.78, 5) is 27.8. The van der Waals surface area contributed by atoms with Gasteiger partial charge >= 0.3 is 6.09 Å². The van der Waals surface area contributed by atoms with E-state index in [4.69, 9.17) is 9.47 Å². The molecule has 0 saturated carbocycles. The maximum atomic E-state index is 13.2. The summed E-state index contributed by atoms with van der Waals surface area (Å²) >= 11 is 0. The molecule has 0 N–H and O–H groups in total. The first kappa shape index (κ1) is 21.7. The van der Waals surface area contributed by atoms with Gasteiger partial charge < -0.3 is 14.4 Å². The fourth-order valence-electron chi connectivity index (χ4n) is 4.48. The van der Waals surface area contributed by atoms with Crippen molar-refractivity contribution < 1.29 is 19.1 Å². The van der Waals surface area contributed by atoms with Gasteiger partial charge in [-0.1, -0.05) is 0 Å². The maximum Gasteiger partial charge on any atom is 0.410 e. The highest BCUT2D eigenvalue weighted by atomic mass is 16.6. The Morgan fingerprint density at radius 1 is 0.897 bits per heavy atom. The number of nitrogens with zero attached hydrogens (tertiary/aromatic N) is 1. The molecule has 2 unspecified atom stereocenters. The van der Waals surface area contributed by atoms with Gasteiger partial charge in [0.05, 0.1) is 0 Å². The molecule has 2 heterocycles. The van der Waals surface area contributed by atoms with Crippen molar-refractivity contribution in [1.82, 2.24) is 4.90 Å². The first-order valence-electron chi connectivity index (χ1n) is 10.8. The molecule has 0 aliphatic carbocycles. The number of ether oxygens (including phenoxy) is 2. The highest BCUT2D eigenvalue weighted by Gasteiger charge is 2.44. The summed E-state index contributed by atoms with van der Waals surface area (Å²) in [5, 5.41) is 0. The van der Waals surface area contributed by atoms with Gasteiger partial charge in [0.1, 0.15) is 17.0 Å². The summed E-state index contributed by atoms with van der Waals surface area (Å²) in [5.41, 5.74) is -0.0492. The first-order valence-corrected chi connectivity index (χ1v) is 10.8. The summed E-state index contributed by atoms with van der Waals surface area (Å²) in [5.74, 6) is 0.900. The van der Waals surface area contributed by atoms with Crippen LogP contribution in [-0.4, -0.2) is 40.1 Å². The van der Waals surface area contributed by atoms with E-state index in [-0.39, 0.29) is 35.5 Å². The lowest BCUT2D eigenvalue weighted by molar-refractivity contribution is -0.0260. The van der Waals surface area contributed by atoms with Crippen LogP contribution in [0.2, 0.25) is 0 Å². The Balaban J connectivity index is 1.69. The van der Waals surface area contributed by atoms with Crippen molar-refractivity contribution >= 4 is 11.9 Å². The van der Waals surface area contributed by atoms with Crippen molar-refractivity contribution in [2.45, 2.75) is 96.9 Å². The van der Waals surface area contributed by atoms with Crippen molar-refractivity contribution in [3.8, 4) is 5.75 Å². The van der Waals surface area contributed by atoms with Crippen LogP contribution < -0.4 is 4.74 Å². The number of carbonyl (C=O) groups is 2. The third kappa shape index (κ3) is 5.52. The third-order valence-electron chi connectivity index (χ3n) is 5.51. The van der Waals surface area contributed by atoms with E-state index in [1.54, 1.807) is 0 Å². The van der Waals surface area contributed by atoms with Gasteiger partial charge in [-0.2, -0.15) is 0 Å². The third-order valence-corrected chi connectivity index (χ3v) is 5.51. The normalized spacial score (nSPS) is 24.8. The monoisotopic (exact) mass is 401 g/mol. The van der Waals surface area contributed by atoms with Crippen molar-refractivity contribution in [3.05, 3.63) is 29.8 Å². The summed E-state index contributed by atoms with van der Waals surface area (Å²) in [6, 6.07) is 7.65. The molecule has 2 fully saturated rings. The zero-order valence-corrected chi connectivity index (χ0v) is 18.7. The number of rotatable bonds is 3. The van der Waals surface area contributed by atoms with E-state index >= 15 is 0 Å². The number of amides is 1. The van der Waals surface area contributed by atoms with Gasteiger partial charge in [-0.05, 0) is 97.9 Å². The largest absolute Gasteiger partial charge is 0.488 e. The Kier molecular flexibility index (Phi) is 5.98. The highest BCUT2D eigenvalue weighted by Crippen LogP contribution is 2.39. The molecule has 2 bridgehead atoms. The average molecular weight is 402 g/mol. The lowest BCUT2D eigenvalue weighted by Gasteiger charge is -2.48. The summed E-state index contributed by atoms with van der Waals surface area (Å²) < 4.78 is 11.5. The molecule has 2 aliphatic rings. The fraction of sp³-hybridized carbons (Fsp3) is 0.667. The number of piperidine rings is 2. The minimum absolute atomic E-state index is 0.0432. The standard InChI is InChI=1S/C24H35NO4/c1-23(2,3)28-20-12-10-16(11-13-20)21(26)17-14-18-8-7-9-19(15-17)25(18)22(27)29-24(4,5)6/h10-13,17-19H,7-9,14-15H2,1-6H3. The first-order chi connectivity index (χ1) is 13.4. The number of hydrogen-bond acceptors (Lipinski definition) is 4. The summed E-state index contributed by atoms with van der Waals surface area (Å²) in [7, 11) is 0. The van der Waals surface area contributed by atoms with E-state index in [1.807, 2.05) is 70.7 Å². The minimum Gasteiger partial charge on any atom is -0.488 e. The molecule has 5 heteroatoms. The maximum absolute atomic E-state index is 13.2. The molecular formula is C24H35NO4. The van der Waals surface area contributed by atoms with Crippen LogP contribution in [0.1, 0.15) is 84.0 Å². The van der Waals surface area contributed by atoms with E-state index in [1.165, 1.54) is 0 Å². The lowest BCUT2D eigenvalue weighted by Crippen LogP contribution is -2.56. The Morgan fingerprint density at radius 2 is 1.45 bits per heavy atom. The van der Waals surface area contributed by atoms with Crippen LogP contribution in [0.5, 0.6) is 5.75 Å². The van der Waals surface area contributed by atoms with E-state index in [9.17, 15) is 9.59 Å². The topological polar surface area (TPSA) is 55.8 Å². The summed E-state index contributed by atoms with van der Waals surface area (Å²) in [6.45, 7) is 11.7. The number of carbonyl (C=O) groups excluding carboxylic acids is 2. The van der Waals surface area contributed by atoms with Crippen LogP contribution in [0, 0.1) is 5.92 Å². The Morgan fingerprint density at radius 3 is 1.93 bits per heavy atom. The molecule has 0 aromatic heterocycles. The molecule has 2 saturated heterocycles. The second-order valence-corrected chi connectivity index (χ2v) is 10.4. The van der Waals surface area contributed by atoms with E-state index < -0.39 is 5.60 Å². The summed E-state index contributed by atoms with van der Waals surface area (Å²) in [6.07, 6.45) is 4.19. The molecule has 3 rings (SSSR count). The number of hydrogen-bond donors (Lipinski definition) is 0. The van der Waals surface area contributed by atoms with Gasteiger partial charge in [-0.25, -0.2) is 4.79 Å². The number of ketones is 1. The Bertz CT molecular complexity index is 728. The van der Waals surface area contributed by atoms with Crippen LogP contribution in [0.15, 0.2) is 24.3 Å². The van der Waals surface area contributed by atoms with Crippen molar-refractivity contribution in [2.24, 2.45) is 5.92 Å². The quantitative estimate of drug-likeness (QED) is 0.617. The molecule has 2 aliphatic heterocycles. The van der Waals surface area contributed by atoms with Crippen LogP contribution >= 0.6 is 0 Å². The predicted octanol–water partition coefficient (Wildman–Crippen LogP) is 5.61. The molecular weight excluding hydrogens is 366 g/mol. The second kappa shape index (κ2) is 8.00. The number of fused-ring (bicyclic) bond motifs is 2. The molecule has 5 nitrogen and oxygen atoms in total. The molecule has 1 amide bonds. The van der Waals surface area contributed by atoms with E-state index in [0.717, 1.165) is 43.4 Å². The molecule has 29 heavy (non-hydrogen) atoms. The van der Waals surface area contributed by atoms with Gasteiger partial charge in [0, 0.05) is 23.6 Å². The minimum atomic E-state index is -0.505. The van der Waals surface area contributed by atoms with Gasteiger partial charge in [0.2, 0.25) is 0 Å². The molecule has 1 aromatic rings. The van der Waals surface area contributed by atoms with Gasteiger partial charge in [0.15, 0.2) is 5.78 Å². The lowest BCUT2D eigenvalue weighted by atomic mass is 9.76. The van der Waals surface area contributed by atoms with E-state index in [2.05, 4.69) is 0 Å². The van der Waals surface area contributed by atoms with Gasteiger partial charge in [0.25, 0.3) is 0 Å². The molecule has 160 valence electrons.